The molecular weight excluding hydrogens is 268 g/mol. The zero-order valence-electron chi connectivity index (χ0n) is 11.2. The number of amides is 1. The Labute approximate surface area is 124 Å². The Kier molecular flexibility index (Phi) is 5.62. The second-order valence-electron chi connectivity index (χ2n) is 4.67. The van der Waals surface area contributed by atoms with Gasteiger partial charge in [0.15, 0.2) is 0 Å². The van der Waals surface area contributed by atoms with E-state index in [1.165, 1.54) is 5.56 Å². The summed E-state index contributed by atoms with van der Waals surface area (Å²) in [5, 5.41) is 3.02. The van der Waals surface area contributed by atoms with E-state index in [4.69, 9.17) is 0 Å². The maximum Gasteiger partial charge on any atom is 0.224 e. The minimum absolute atomic E-state index is 0.00739. The van der Waals surface area contributed by atoms with Gasteiger partial charge >= 0.3 is 0 Å². The molecule has 0 aliphatic heterocycles. The Morgan fingerprint density at radius 2 is 1.90 bits per heavy atom. The predicted molar refractivity (Wildman–Crippen MR) is 83.9 cm³/mol. The highest BCUT2D eigenvalue weighted by Crippen LogP contribution is 2.05. The Balaban J connectivity index is 1.88. The van der Waals surface area contributed by atoms with Crippen LogP contribution in [0.25, 0.3) is 0 Å². The minimum atomic E-state index is 0.00739. The number of carbonyl (C=O) groups excluding carboxylic acids is 1. The van der Waals surface area contributed by atoms with Crippen LogP contribution in [0.1, 0.15) is 11.1 Å². The molecule has 1 N–H and O–H groups in total. The molecule has 2 rings (SSSR count). The fraction of sp³-hybridized carbons (Fsp3) is 0.250. The van der Waals surface area contributed by atoms with Crippen LogP contribution in [0, 0.1) is 0 Å². The molecule has 4 heteroatoms. The van der Waals surface area contributed by atoms with Crippen LogP contribution in [0.15, 0.2) is 54.9 Å². The van der Waals surface area contributed by atoms with Crippen molar-refractivity contribution in [2.24, 2.45) is 0 Å². The van der Waals surface area contributed by atoms with Crippen LogP contribution in [0.4, 0.5) is 0 Å². The van der Waals surface area contributed by atoms with E-state index in [1.807, 2.05) is 30.3 Å². The lowest BCUT2D eigenvalue weighted by Gasteiger charge is -2.16. The Morgan fingerprint density at radius 3 is 2.55 bits per heavy atom. The number of nitrogens with one attached hydrogen (secondary N) is 1. The van der Waals surface area contributed by atoms with Gasteiger partial charge in [0.05, 0.1) is 6.42 Å². The monoisotopic (exact) mass is 286 g/mol. The summed E-state index contributed by atoms with van der Waals surface area (Å²) >= 11 is 4.32. The van der Waals surface area contributed by atoms with Crippen molar-refractivity contribution in [3.8, 4) is 0 Å². The van der Waals surface area contributed by atoms with E-state index in [1.54, 1.807) is 12.4 Å². The first-order valence-corrected chi connectivity index (χ1v) is 7.24. The number of thiol groups is 1. The lowest BCUT2D eigenvalue weighted by atomic mass is 10.1. The van der Waals surface area contributed by atoms with E-state index in [0.29, 0.717) is 12.2 Å². The van der Waals surface area contributed by atoms with E-state index in [0.717, 1.165) is 12.0 Å². The molecule has 2 aromatic rings. The summed E-state index contributed by atoms with van der Waals surface area (Å²) in [5.74, 6) is 0.626. The topological polar surface area (TPSA) is 42.0 Å². The first-order chi connectivity index (χ1) is 9.78. The molecule has 1 amide bonds. The van der Waals surface area contributed by atoms with Gasteiger partial charge in [0, 0.05) is 24.2 Å². The van der Waals surface area contributed by atoms with E-state index in [2.05, 4.69) is 35.1 Å². The summed E-state index contributed by atoms with van der Waals surface area (Å²) in [6.07, 6.45) is 4.57. The number of benzene rings is 1. The zero-order valence-corrected chi connectivity index (χ0v) is 12.1. The van der Waals surface area contributed by atoms with Crippen LogP contribution < -0.4 is 5.32 Å². The molecule has 0 spiro atoms. The fourth-order valence-electron chi connectivity index (χ4n) is 2.03. The third-order valence-corrected chi connectivity index (χ3v) is 3.44. The van der Waals surface area contributed by atoms with E-state index < -0.39 is 0 Å². The van der Waals surface area contributed by atoms with E-state index >= 15 is 0 Å². The van der Waals surface area contributed by atoms with Crippen LogP contribution >= 0.6 is 12.6 Å². The highest BCUT2D eigenvalue weighted by Gasteiger charge is 2.12. The highest BCUT2D eigenvalue weighted by atomic mass is 32.1. The largest absolute Gasteiger partial charge is 0.352 e. The van der Waals surface area contributed by atoms with Crippen molar-refractivity contribution in [2.45, 2.75) is 18.9 Å². The Hall–Kier alpha value is -1.81. The standard InChI is InChI=1S/C16H18N2OS/c19-16(10-14-7-4-8-17-11-14)18-15(12-20)9-13-5-2-1-3-6-13/h1-8,11,15,20H,9-10,12H2,(H,18,19)/t15-/m1/s1. The second-order valence-corrected chi connectivity index (χ2v) is 5.04. The van der Waals surface area contributed by atoms with Crippen molar-refractivity contribution in [3.63, 3.8) is 0 Å². The zero-order chi connectivity index (χ0) is 14.2. The highest BCUT2D eigenvalue weighted by molar-refractivity contribution is 7.80. The third kappa shape index (κ3) is 4.70. The Bertz CT molecular complexity index is 531. The van der Waals surface area contributed by atoms with Crippen LogP contribution in [-0.2, 0) is 17.6 Å². The van der Waals surface area contributed by atoms with Gasteiger partial charge in [-0.1, -0.05) is 36.4 Å². The first-order valence-electron chi connectivity index (χ1n) is 6.61. The van der Waals surface area contributed by atoms with Crippen LogP contribution in [0.3, 0.4) is 0 Å². The molecule has 0 aliphatic rings. The van der Waals surface area contributed by atoms with Crippen molar-refractivity contribution in [3.05, 3.63) is 66.0 Å². The lowest BCUT2D eigenvalue weighted by molar-refractivity contribution is -0.121. The van der Waals surface area contributed by atoms with Gasteiger partial charge in [-0.3, -0.25) is 9.78 Å². The third-order valence-electron chi connectivity index (χ3n) is 3.00. The van der Waals surface area contributed by atoms with Gasteiger partial charge in [-0.15, -0.1) is 0 Å². The summed E-state index contributed by atoms with van der Waals surface area (Å²) in [6, 6.07) is 13.9. The first kappa shape index (κ1) is 14.6. The Morgan fingerprint density at radius 1 is 1.15 bits per heavy atom. The summed E-state index contributed by atoms with van der Waals surface area (Å²) < 4.78 is 0. The van der Waals surface area contributed by atoms with Gasteiger partial charge in [0.2, 0.25) is 5.91 Å². The lowest BCUT2D eigenvalue weighted by Crippen LogP contribution is -2.38. The predicted octanol–water partition coefficient (Wildman–Crippen LogP) is 2.28. The number of aromatic nitrogens is 1. The number of pyridine rings is 1. The molecular formula is C16H18N2OS. The van der Waals surface area contributed by atoms with Crippen molar-refractivity contribution in [2.75, 3.05) is 5.75 Å². The van der Waals surface area contributed by atoms with Crippen molar-refractivity contribution >= 4 is 18.5 Å². The van der Waals surface area contributed by atoms with Gasteiger partial charge in [0.1, 0.15) is 0 Å². The average Bonchev–Trinajstić information content (AvgIpc) is 2.48. The SMILES string of the molecule is O=C(Cc1cccnc1)N[C@@H](CS)Cc1ccccc1. The molecule has 3 nitrogen and oxygen atoms in total. The molecule has 1 atom stereocenters. The molecule has 1 aromatic heterocycles. The molecule has 0 fully saturated rings. The normalized spacial score (nSPS) is 11.8. The van der Waals surface area contributed by atoms with Gasteiger partial charge in [-0.05, 0) is 23.6 Å². The summed E-state index contributed by atoms with van der Waals surface area (Å²) in [6.45, 7) is 0. The number of nitrogens with zero attached hydrogens (tertiary/aromatic N) is 1. The molecule has 0 unspecified atom stereocenters. The summed E-state index contributed by atoms with van der Waals surface area (Å²) in [5.41, 5.74) is 2.12. The van der Waals surface area contributed by atoms with E-state index in [9.17, 15) is 4.79 Å². The molecule has 1 heterocycles. The smallest absolute Gasteiger partial charge is 0.224 e. The van der Waals surface area contributed by atoms with Gasteiger partial charge < -0.3 is 5.32 Å². The summed E-state index contributed by atoms with van der Waals surface area (Å²) in [4.78, 5) is 16.0. The number of hydrogen-bond acceptors (Lipinski definition) is 3. The number of hydrogen-bond donors (Lipinski definition) is 2. The average molecular weight is 286 g/mol. The van der Waals surface area contributed by atoms with Crippen molar-refractivity contribution < 1.29 is 4.79 Å². The fourth-order valence-corrected chi connectivity index (χ4v) is 2.25. The molecule has 104 valence electrons. The van der Waals surface area contributed by atoms with Gasteiger partial charge in [0.25, 0.3) is 0 Å². The molecule has 1 aromatic carbocycles. The number of carbonyl (C=O) groups is 1. The maximum absolute atomic E-state index is 12.0. The molecule has 0 radical (unpaired) electrons. The molecule has 0 bridgehead atoms. The van der Waals surface area contributed by atoms with Crippen molar-refractivity contribution in [1.29, 1.82) is 0 Å². The second kappa shape index (κ2) is 7.70. The quantitative estimate of drug-likeness (QED) is 0.800. The number of rotatable bonds is 6. The maximum atomic E-state index is 12.0. The molecule has 0 saturated heterocycles. The van der Waals surface area contributed by atoms with Gasteiger partial charge in [-0.2, -0.15) is 12.6 Å². The minimum Gasteiger partial charge on any atom is -0.352 e. The van der Waals surface area contributed by atoms with Crippen LogP contribution in [-0.4, -0.2) is 22.7 Å². The van der Waals surface area contributed by atoms with Crippen LogP contribution in [0.2, 0.25) is 0 Å². The molecule has 0 saturated carbocycles. The van der Waals surface area contributed by atoms with Gasteiger partial charge in [-0.25, -0.2) is 0 Å². The van der Waals surface area contributed by atoms with E-state index in [-0.39, 0.29) is 11.9 Å². The van der Waals surface area contributed by atoms with Crippen LogP contribution in [0.5, 0.6) is 0 Å². The summed E-state index contributed by atoms with van der Waals surface area (Å²) in [7, 11) is 0. The van der Waals surface area contributed by atoms with Crippen molar-refractivity contribution in [1.82, 2.24) is 10.3 Å². The molecule has 20 heavy (non-hydrogen) atoms. The molecule has 0 aliphatic carbocycles.